The molecule has 0 bridgehead atoms. The molecule has 1 saturated heterocycles. The quantitative estimate of drug-likeness (QED) is 0.841. The molecular formula is C12H17FN2O3S. The molecule has 7 heteroatoms. The van der Waals surface area contributed by atoms with Crippen molar-refractivity contribution in [3.8, 4) is 0 Å². The van der Waals surface area contributed by atoms with Gasteiger partial charge in [0.25, 0.3) is 0 Å². The summed E-state index contributed by atoms with van der Waals surface area (Å²) in [4.78, 5) is -0.162. The van der Waals surface area contributed by atoms with Gasteiger partial charge in [-0.1, -0.05) is 0 Å². The maximum atomic E-state index is 13.2. The Morgan fingerprint density at radius 1 is 1.53 bits per heavy atom. The number of nitrogens with two attached hydrogens (primary N) is 1. The summed E-state index contributed by atoms with van der Waals surface area (Å²) >= 11 is 0. The fourth-order valence-electron chi connectivity index (χ4n) is 2.26. The Morgan fingerprint density at radius 2 is 2.26 bits per heavy atom. The number of anilines is 1. The Hall–Kier alpha value is -1.18. The zero-order valence-corrected chi connectivity index (χ0v) is 11.5. The fraction of sp³-hybridized carbons (Fsp3) is 0.500. The second-order valence-corrected chi connectivity index (χ2v) is 6.56. The van der Waals surface area contributed by atoms with E-state index in [1.807, 2.05) is 0 Å². The first-order chi connectivity index (χ1) is 8.95. The maximum absolute atomic E-state index is 13.2. The van der Waals surface area contributed by atoms with Gasteiger partial charge in [0.2, 0.25) is 10.0 Å². The monoisotopic (exact) mass is 288 g/mol. The van der Waals surface area contributed by atoms with Crippen molar-refractivity contribution in [3.05, 3.63) is 24.0 Å². The Balaban J connectivity index is 2.26. The number of hydrogen-bond donors (Lipinski definition) is 1. The molecule has 0 aliphatic carbocycles. The molecule has 1 fully saturated rings. The van der Waals surface area contributed by atoms with E-state index in [9.17, 15) is 12.8 Å². The number of halogens is 1. The van der Waals surface area contributed by atoms with Crippen LogP contribution in [-0.2, 0) is 14.8 Å². The minimum absolute atomic E-state index is 0.0663. The van der Waals surface area contributed by atoms with Gasteiger partial charge in [-0.15, -0.1) is 0 Å². The summed E-state index contributed by atoms with van der Waals surface area (Å²) in [7, 11) is -2.15. The summed E-state index contributed by atoms with van der Waals surface area (Å²) in [5.41, 5.74) is 5.71. The van der Waals surface area contributed by atoms with Crippen LogP contribution in [0.1, 0.15) is 6.42 Å². The molecule has 106 valence electrons. The van der Waals surface area contributed by atoms with Gasteiger partial charge in [0.15, 0.2) is 0 Å². The summed E-state index contributed by atoms with van der Waals surface area (Å²) < 4.78 is 44.4. The highest BCUT2D eigenvalue weighted by Crippen LogP contribution is 2.28. The van der Waals surface area contributed by atoms with Crippen LogP contribution in [-0.4, -0.2) is 39.5 Å². The van der Waals surface area contributed by atoms with Gasteiger partial charge >= 0.3 is 0 Å². The van der Waals surface area contributed by atoms with Gasteiger partial charge < -0.3 is 10.5 Å². The highest BCUT2D eigenvalue weighted by atomic mass is 32.2. The highest BCUT2D eigenvalue weighted by molar-refractivity contribution is 7.89. The molecule has 1 aromatic carbocycles. The van der Waals surface area contributed by atoms with Crippen molar-refractivity contribution in [2.24, 2.45) is 5.92 Å². The van der Waals surface area contributed by atoms with Crippen LogP contribution in [0.4, 0.5) is 10.1 Å². The summed E-state index contributed by atoms with van der Waals surface area (Å²) in [6.07, 6.45) is 0.738. The van der Waals surface area contributed by atoms with E-state index in [2.05, 4.69) is 0 Å². The third-order valence-corrected chi connectivity index (χ3v) is 5.17. The van der Waals surface area contributed by atoms with Gasteiger partial charge in [-0.05, 0) is 30.5 Å². The third kappa shape index (κ3) is 2.88. The molecule has 0 radical (unpaired) electrons. The van der Waals surface area contributed by atoms with Crippen molar-refractivity contribution >= 4 is 15.7 Å². The normalized spacial score (nSPS) is 20.8. The first-order valence-corrected chi connectivity index (χ1v) is 7.43. The van der Waals surface area contributed by atoms with E-state index in [0.29, 0.717) is 19.7 Å². The van der Waals surface area contributed by atoms with Crippen LogP contribution >= 0.6 is 0 Å². The highest BCUT2D eigenvalue weighted by Gasteiger charge is 2.33. The van der Waals surface area contributed by atoms with Crippen LogP contribution in [0.15, 0.2) is 23.1 Å². The van der Waals surface area contributed by atoms with E-state index in [1.54, 1.807) is 7.11 Å². The van der Waals surface area contributed by atoms with Crippen molar-refractivity contribution in [1.29, 1.82) is 0 Å². The fourth-order valence-corrected chi connectivity index (χ4v) is 3.92. The molecule has 1 atom stereocenters. The van der Waals surface area contributed by atoms with E-state index in [1.165, 1.54) is 10.4 Å². The van der Waals surface area contributed by atoms with Crippen molar-refractivity contribution in [1.82, 2.24) is 4.31 Å². The second-order valence-electron chi connectivity index (χ2n) is 4.66. The topological polar surface area (TPSA) is 72.6 Å². The Bertz CT molecular complexity index is 562. The van der Waals surface area contributed by atoms with Crippen molar-refractivity contribution < 1.29 is 17.5 Å². The SMILES string of the molecule is COCC1CCN(S(=O)(=O)c2cc(F)ccc2N)C1. The van der Waals surface area contributed by atoms with Gasteiger partial charge in [0.05, 0.1) is 12.3 Å². The molecule has 2 rings (SSSR count). The van der Waals surface area contributed by atoms with Gasteiger partial charge in [-0.2, -0.15) is 4.31 Å². The largest absolute Gasteiger partial charge is 0.398 e. The van der Waals surface area contributed by atoms with Crippen LogP contribution in [0.5, 0.6) is 0 Å². The number of nitrogens with zero attached hydrogens (tertiary/aromatic N) is 1. The van der Waals surface area contributed by atoms with Crippen LogP contribution in [0.2, 0.25) is 0 Å². The lowest BCUT2D eigenvalue weighted by molar-refractivity contribution is 0.157. The van der Waals surface area contributed by atoms with Crippen LogP contribution in [0.3, 0.4) is 0 Å². The summed E-state index contributed by atoms with van der Waals surface area (Å²) in [6, 6.07) is 3.38. The van der Waals surface area contributed by atoms with Crippen molar-refractivity contribution in [2.45, 2.75) is 11.3 Å². The number of nitrogen functional groups attached to an aromatic ring is 1. The minimum Gasteiger partial charge on any atom is -0.398 e. The third-order valence-electron chi connectivity index (χ3n) is 3.24. The molecule has 1 aliphatic heterocycles. The Morgan fingerprint density at radius 3 is 2.95 bits per heavy atom. The number of benzene rings is 1. The zero-order chi connectivity index (χ0) is 14.0. The molecular weight excluding hydrogens is 271 g/mol. The first-order valence-electron chi connectivity index (χ1n) is 5.99. The van der Waals surface area contributed by atoms with Gasteiger partial charge in [-0.3, -0.25) is 0 Å². The molecule has 5 nitrogen and oxygen atoms in total. The molecule has 0 saturated carbocycles. The molecule has 1 heterocycles. The molecule has 1 unspecified atom stereocenters. The number of ether oxygens (including phenoxy) is 1. The second kappa shape index (κ2) is 5.44. The van der Waals surface area contributed by atoms with Crippen molar-refractivity contribution in [3.63, 3.8) is 0 Å². The smallest absolute Gasteiger partial charge is 0.245 e. The lowest BCUT2D eigenvalue weighted by Crippen LogP contribution is -2.30. The maximum Gasteiger partial charge on any atom is 0.245 e. The molecule has 0 spiro atoms. The summed E-state index contributed by atoms with van der Waals surface area (Å²) in [6.45, 7) is 1.31. The van der Waals surface area contributed by atoms with E-state index in [4.69, 9.17) is 10.5 Å². The first kappa shape index (κ1) is 14.2. The number of rotatable bonds is 4. The van der Waals surface area contributed by atoms with Crippen LogP contribution in [0.25, 0.3) is 0 Å². The Kier molecular flexibility index (Phi) is 4.07. The van der Waals surface area contributed by atoms with Gasteiger partial charge in [0.1, 0.15) is 10.7 Å². The molecule has 19 heavy (non-hydrogen) atoms. The summed E-state index contributed by atoms with van der Waals surface area (Å²) in [5, 5.41) is 0. The predicted octanol–water partition coefficient (Wildman–Crippen LogP) is 1.06. The number of methoxy groups -OCH3 is 1. The van der Waals surface area contributed by atoms with Crippen molar-refractivity contribution in [2.75, 3.05) is 32.5 Å². The summed E-state index contributed by atoms with van der Waals surface area (Å²) in [5.74, 6) is -0.435. The average Bonchev–Trinajstić information content (AvgIpc) is 2.82. The molecule has 1 aliphatic rings. The minimum atomic E-state index is -3.73. The van der Waals surface area contributed by atoms with E-state index < -0.39 is 15.8 Å². The Labute approximate surface area is 112 Å². The number of hydrogen-bond acceptors (Lipinski definition) is 4. The molecule has 0 amide bonds. The zero-order valence-electron chi connectivity index (χ0n) is 10.7. The van der Waals surface area contributed by atoms with Crippen LogP contribution < -0.4 is 5.73 Å². The lowest BCUT2D eigenvalue weighted by atomic mass is 10.1. The van der Waals surface area contributed by atoms with E-state index in [-0.39, 0.29) is 16.5 Å². The van der Waals surface area contributed by atoms with E-state index in [0.717, 1.165) is 18.6 Å². The predicted molar refractivity (Wildman–Crippen MR) is 69.6 cm³/mol. The van der Waals surface area contributed by atoms with E-state index >= 15 is 0 Å². The lowest BCUT2D eigenvalue weighted by Gasteiger charge is -2.17. The van der Waals surface area contributed by atoms with Crippen LogP contribution in [0, 0.1) is 11.7 Å². The number of sulfonamides is 1. The van der Waals surface area contributed by atoms with Gasteiger partial charge in [0, 0.05) is 20.2 Å². The average molecular weight is 288 g/mol. The molecule has 0 aromatic heterocycles. The molecule has 2 N–H and O–H groups in total. The van der Waals surface area contributed by atoms with Gasteiger partial charge in [-0.25, -0.2) is 12.8 Å². The standard InChI is InChI=1S/C12H17FN2O3S/c1-18-8-9-4-5-15(7-9)19(16,17)12-6-10(13)2-3-11(12)14/h2-3,6,9H,4-5,7-8,14H2,1H3. The molecule has 1 aromatic rings.